The van der Waals surface area contributed by atoms with E-state index in [0.717, 1.165) is 55.0 Å². The van der Waals surface area contributed by atoms with Crippen LogP contribution in [0.3, 0.4) is 0 Å². The second kappa shape index (κ2) is 5.38. The summed E-state index contributed by atoms with van der Waals surface area (Å²) in [4.78, 5) is 0. The first-order valence-corrected chi connectivity index (χ1v) is 9.19. The minimum Gasteiger partial charge on any atom is -0.456 e. The van der Waals surface area contributed by atoms with Crippen LogP contribution in [0.5, 0.6) is 0 Å². The summed E-state index contributed by atoms with van der Waals surface area (Å²) in [5.74, 6) is 0. The SMILES string of the molecule is Clc1ccc2c(c1)oc1cccc(-c3cccc4oc5ccccc5c34)c12. The molecule has 0 unspecified atom stereocenters. The molecule has 4 aromatic carbocycles. The van der Waals surface area contributed by atoms with Gasteiger partial charge in [-0.3, -0.25) is 0 Å². The number of benzene rings is 4. The summed E-state index contributed by atoms with van der Waals surface area (Å²) >= 11 is 6.16. The van der Waals surface area contributed by atoms with Gasteiger partial charge in [0, 0.05) is 32.6 Å². The number of hydrogen-bond donors (Lipinski definition) is 0. The van der Waals surface area contributed by atoms with Gasteiger partial charge < -0.3 is 8.83 Å². The Labute approximate surface area is 159 Å². The van der Waals surface area contributed by atoms with Gasteiger partial charge in [0.2, 0.25) is 0 Å². The Hall–Kier alpha value is -3.23. The largest absolute Gasteiger partial charge is 0.456 e. The van der Waals surface area contributed by atoms with E-state index in [1.54, 1.807) is 0 Å². The van der Waals surface area contributed by atoms with E-state index in [2.05, 4.69) is 18.2 Å². The normalized spacial score (nSPS) is 11.9. The lowest BCUT2D eigenvalue weighted by atomic mass is 9.95. The van der Waals surface area contributed by atoms with Crippen LogP contribution in [0.25, 0.3) is 55.0 Å². The van der Waals surface area contributed by atoms with Gasteiger partial charge in [-0.2, -0.15) is 0 Å². The second-order valence-corrected chi connectivity index (χ2v) is 7.13. The minimum atomic E-state index is 0.672. The van der Waals surface area contributed by atoms with Gasteiger partial charge in [-0.25, -0.2) is 0 Å². The van der Waals surface area contributed by atoms with Crippen LogP contribution in [0, 0.1) is 0 Å². The Balaban J connectivity index is 1.80. The van der Waals surface area contributed by atoms with Crippen molar-refractivity contribution in [3.8, 4) is 11.1 Å². The molecule has 0 aliphatic rings. The Morgan fingerprint density at radius 1 is 0.519 bits per heavy atom. The predicted molar refractivity (Wildman–Crippen MR) is 111 cm³/mol. The fraction of sp³-hybridized carbons (Fsp3) is 0. The van der Waals surface area contributed by atoms with Crippen molar-refractivity contribution in [2.45, 2.75) is 0 Å². The molecule has 6 rings (SSSR count). The van der Waals surface area contributed by atoms with E-state index < -0.39 is 0 Å². The molecule has 2 nitrogen and oxygen atoms in total. The fourth-order valence-electron chi connectivity index (χ4n) is 4.02. The van der Waals surface area contributed by atoms with Gasteiger partial charge in [0.1, 0.15) is 22.3 Å². The molecular weight excluding hydrogens is 356 g/mol. The van der Waals surface area contributed by atoms with Crippen LogP contribution in [-0.4, -0.2) is 0 Å². The third-order valence-corrected chi connectivity index (χ3v) is 5.39. The molecule has 6 aromatic rings. The third-order valence-electron chi connectivity index (χ3n) is 5.15. The van der Waals surface area contributed by atoms with E-state index in [0.29, 0.717) is 5.02 Å². The van der Waals surface area contributed by atoms with E-state index >= 15 is 0 Å². The van der Waals surface area contributed by atoms with Crippen molar-refractivity contribution < 1.29 is 8.83 Å². The Morgan fingerprint density at radius 3 is 1.85 bits per heavy atom. The average molecular weight is 369 g/mol. The van der Waals surface area contributed by atoms with Crippen molar-refractivity contribution in [1.29, 1.82) is 0 Å². The molecular formula is C24H13ClO2. The predicted octanol–water partition coefficient (Wildman–Crippen LogP) is 7.81. The van der Waals surface area contributed by atoms with Crippen LogP contribution in [-0.2, 0) is 0 Å². The van der Waals surface area contributed by atoms with Crippen LogP contribution >= 0.6 is 11.6 Å². The van der Waals surface area contributed by atoms with Crippen molar-refractivity contribution in [2.75, 3.05) is 0 Å². The molecule has 3 heteroatoms. The zero-order chi connectivity index (χ0) is 18.0. The summed E-state index contributed by atoms with van der Waals surface area (Å²) in [5.41, 5.74) is 5.72. The number of halogens is 1. The molecule has 0 bridgehead atoms. The van der Waals surface area contributed by atoms with E-state index in [-0.39, 0.29) is 0 Å². The summed E-state index contributed by atoms with van der Waals surface area (Å²) in [6.45, 7) is 0. The average Bonchev–Trinajstić information content (AvgIpc) is 3.25. The molecule has 0 N–H and O–H groups in total. The second-order valence-electron chi connectivity index (χ2n) is 6.70. The van der Waals surface area contributed by atoms with Gasteiger partial charge >= 0.3 is 0 Å². The third kappa shape index (κ3) is 2.08. The molecule has 0 radical (unpaired) electrons. The molecule has 27 heavy (non-hydrogen) atoms. The molecule has 128 valence electrons. The van der Waals surface area contributed by atoms with Gasteiger partial charge in [0.15, 0.2) is 0 Å². The van der Waals surface area contributed by atoms with Crippen LogP contribution in [0.1, 0.15) is 0 Å². The highest BCUT2D eigenvalue weighted by Gasteiger charge is 2.17. The quantitative estimate of drug-likeness (QED) is 0.296. The lowest BCUT2D eigenvalue weighted by molar-refractivity contribution is 0.668. The first kappa shape index (κ1) is 14.9. The molecule has 0 amide bonds. The highest BCUT2D eigenvalue weighted by Crippen LogP contribution is 2.42. The lowest BCUT2D eigenvalue weighted by Gasteiger charge is -2.06. The maximum atomic E-state index is 6.16. The topological polar surface area (TPSA) is 26.3 Å². The molecule has 0 fully saturated rings. The molecule has 0 aliphatic heterocycles. The molecule has 0 atom stereocenters. The van der Waals surface area contributed by atoms with Crippen molar-refractivity contribution in [3.63, 3.8) is 0 Å². The van der Waals surface area contributed by atoms with E-state index in [4.69, 9.17) is 20.4 Å². The molecule has 2 heterocycles. The van der Waals surface area contributed by atoms with E-state index in [9.17, 15) is 0 Å². The van der Waals surface area contributed by atoms with Gasteiger partial charge in [0.05, 0.1) is 0 Å². The zero-order valence-corrected chi connectivity index (χ0v) is 15.0. The highest BCUT2D eigenvalue weighted by atomic mass is 35.5. The summed E-state index contributed by atoms with van der Waals surface area (Å²) in [6, 6.07) is 26.3. The first-order chi connectivity index (χ1) is 13.3. The summed E-state index contributed by atoms with van der Waals surface area (Å²) < 4.78 is 12.1. The zero-order valence-electron chi connectivity index (χ0n) is 14.2. The summed E-state index contributed by atoms with van der Waals surface area (Å²) in [6.07, 6.45) is 0. The van der Waals surface area contributed by atoms with Crippen molar-refractivity contribution in [1.82, 2.24) is 0 Å². The number of para-hydroxylation sites is 1. The van der Waals surface area contributed by atoms with E-state index in [1.807, 2.05) is 60.7 Å². The number of hydrogen-bond acceptors (Lipinski definition) is 2. The fourth-order valence-corrected chi connectivity index (χ4v) is 4.19. The molecule has 0 saturated carbocycles. The highest BCUT2D eigenvalue weighted by molar-refractivity contribution is 6.31. The Kier molecular flexibility index (Phi) is 2.97. The standard InChI is InChI=1S/C24H13ClO2/c25-14-11-12-18-22(13-14)27-21-10-4-7-16(24(18)21)15-6-3-9-20-23(15)17-5-1-2-8-19(17)26-20/h1-13H. The van der Waals surface area contributed by atoms with Gasteiger partial charge in [0.25, 0.3) is 0 Å². The Bertz CT molecular complexity index is 1490. The van der Waals surface area contributed by atoms with Crippen LogP contribution < -0.4 is 0 Å². The Morgan fingerprint density at radius 2 is 1.11 bits per heavy atom. The summed E-state index contributed by atoms with van der Waals surface area (Å²) in [7, 11) is 0. The monoisotopic (exact) mass is 368 g/mol. The molecule has 0 spiro atoms. The van der Waals surface area contributed by atoms with Crippen LogP contribution in [0.4, 0.5) is 0 Å². The van der Waals surface area contributed by atoms with E-state index in [1.165, 1.54) is 0 Å². The van der Waals surface area contributed by atoms with Crippen molar-refractivity contribution >= 4 is 55.5 Å². The molecule has 0 aliphatic carbocycles. The van der Waals surface area contributed by atoms with Gasteiger partial charge in [-0.1, -0.05) is 54.1 Å². The van der Waals surface area contributed by atoms with Crippen molar-refractivity contribution in [3.05, 3.63) is 83.9 Å². The molecule has 0 saturated heterocycles. The lowest BCUT2D eigenvalue weighted by Crippen LogP contribution is -1.81. The molecule has 2 aromatic heterocycles. The van der Waals surface area contributed by atoms with Crippen molar-refractivity contribution in [2.24, 2.45) is 0 Å². The van der Waals surface area contributed by atoms with Gasteiger partial charge in [-0.15, -0.1) is 0 Å². The number of rotatable bonds is 1. The number of fused-ring (bicyclic) bond motifs is 6. The van der Waals surface area contributed by atoms with Crippen LogP contribution in [0.2, 0.25) is 5.02 Å². The minimum absolute atomic E-state index is 0.672. The maximum absolute atomic E-state index is 6.16. The maximum Gasteiger partial charge on any atom is 0.136 e. The van der Waals surface area contributed by atoms with Crippen LogP contribution in [0.15, 0.2) is 87.7 Å². The first-order valence-electron chi connectivity index (χ1n) is 8.81. The smallest absolute Gasteiger partial charge is 0.136 e. The number of furan rings is 2. The van der Waals surface area contributed by atoms with Gasteiger partial charge in [-0.05, 0) is 41.5 Å². The summed E-state index contributed by atoms with van der Waals surface area (Å²) in [5, 5.41) is 5.09.